The summed E-state index contributed by atoms with van der Waals surface area (Å²) in [5.41, 5.74) is 2.33. The van der Waals surface area contributed by atoms with Gasteiger partial charge in [0.15, 0.2) is 0 Å². The molecule has 1 aromatic heterocycles. The highest BCUT2D eigenvalue weighted by Crippen LogP contribution is 2.28. The van der Waals surface area contributed by atoms with Crippen molar-refractivity contribution in [1.29, 1.82) is 0 Å². The summed E-state index contributed by atoms with van der Waals surface area (Å²) in [6.07, 6.45) is 5.84. The fourth-order valence-electron chi connectivity index (χ4n) is 4.39. The fraction of sp³-hybridized carbons (Fsp3) is 0.346. The Kier molecular flexibility index (Phi) is 6.99. The van der Waals surface area contributed by atoms with Gasteiger partial charge in [-0.05, 0) is 49.2 Å². The fourth-order valence-corrected chi connectivity index (χ4v) is 4.39. The van der Waals surface area contributed by atoms with Crippen LogP contribution in [0.4, 0.5) is 0 Å². The molecule has 4 nitrogen and oxygen atoms in total. The van der Waals surface area contributed by atoms with Crippen molar-refractivity contribution < 1.29 is 9.21 Å². The first-order valence-corrected chi connectivity index (χ1v) is 11.0. The molecule has 4 heteroatoms. The van der Waals surface area contributed by atoms with E-state index in [1.807, 2.05) is 48.5 Å². The zero-order valence-corrected chi connectivity index (χ0v) is 17.4. The first-order chi connectivity index (χ1) is 14.8. The predicted molar refractivity (Wildman–Crippen MR) is 119 cm³/mol. The first kappa shape index (κ1) is 20.4. The van der Waals surface area contributed by atoms with Gasteiger partial charge in [-0.25, -0.2) is 0 Å². The second kappa shape index (κ2) is 10.3. The van der Waals surface area contributed by atoms with Crippen molar-refractivity contribution >= 4 is 5.91 Å². The maximum atomic E-state index is 13.0. The third-order valence-electron chi connectivity index (χ3n) is 5.99. The Bertz CT molecular complexity index is 848. The molecular formula is C26H30N2O2. The van der Waals surface area contributed by atoms with Crippen LogP contribution in [0, 0.1) is 0 Å². The van der Waals surface area contributed by atoms with E-state index in [-0.39, 0.29) is 17.9 Å². The lowest BCUT2D eigenvalue weighted by molar-refractivity contribution is -0.121. The molecule has 2 heterocycles. The smallest absolute Gasteiger partial charge is 0.221 e. The average molecular weight is 403 g/mol. The largest absolute Gasteiger partial charge is 0.468 e. The SMILES string of the molecule is O=C(CC(c1ccccc1)c1ccccc1)NCC(c1ccco1)N1CCCCC1. The summed E-state index contributed by atoms with van der Waals surface area (Å²) in [4.78, 5) is 15.4. The molecule has 1 amide bonds. The number of likely N-dealkylation sites (tertiary alicyclic amines) is 1. The van der Waals surface area contributed by atoms with E-state index in [0.717, 1.165) is 30.0 Å². The molecule has 0 radical (unpaired) electrons. The molecule has 0 saturated carbocycles. The van der Waals surface area contributed by atoms with Gasteiger partial charge >= 0.3 is 0 Å². The summed E-state index contributed by atoms with van der Waals surface area (Å²) < 4.78 is 5.71. The van der Waals surface area contributed by atoms with E-state index in [9.17, 15) is 4.79 Å². The maximum Gasteiger partial charge on any atom is 0.221 e. The lowest BCUT2D eigenvalue weighted by Crippen LogP contribution is -2.40. The van der Waals surface area contributed by atoms with Gasteiger partial charge in [-0.3, -0.25) is 9.69 Å². The summed E-state index contributed by atoms with van der Waals surface area (Å²) in [5, 5.41) is 3.20. The Labute approximate surface area is 178 Å². The quantitative estimate of drug-likeness (QED) is 0.567. The van der Waals surface area contributed by atoms with Crippen LogP contribution >= 0.6 is 0 Å². The molecule has 1 atom stereocenters. The van der Waals surface area contributed by atoms with E-state index in [2.05, 4.69) is 34.5 Å². The summed E-state index contributed by atoms with van der Waals surface area (Å²) in [6, 6.07) is 24.6. The monoisotopic (exact) mass is 402 g/mol. The van der Waals surface area contributed by atoms with Gasteiger partial charge in [0.05, 0.1) is 12.3 Å². The van der Waals surface area contributed by atoms with Crippen LogP contribution in [0.2, 0.25) is 0 Å². The van der Waals surface area contributed by atoms with Gasteiger partial charge in [0.2, 0.25) is 5.91 Å². The van der Waals surface area contributed by atoms with Crippen LogP contribution in [0.1, 0.15) is 54.5 Å². The zero-order chi connectivity index (χ0) is 20.6. The second-order valence-corrected chi connectivity index (χ2v) is 8.01. The van der Waals surface area contributed by atoms with Gasteiger partial charge in [-0.1, -0.05) is 67.1 Å². The topological polar surface area (TPSA) is 45.5 Å². The number of rotatable bonds is 8. The number of nitrogens with zero attached hydrogens (tertiary/aromatic N) is 1. The molecule has 0 spiro atoms. The normalized spacial score (nSPS) is 15.8. The molecule has 1 aliphatic rings. The van der Waals surface area contributed by atoms with Crippen LogP contribution in [0.25, 0.3) is 0 Å². The third-order valence-corrected chi connectivity index (χ3v) is 5.99. The lowest BCUT2D eigenvalue weighted by atomic mass is 9.88. The minimum atomic E-state index is 0.0458. The van der Waals surface area contributed by atoms with Crippen molar-refractivity contribution in [3.63, 3.8) is 0 Å². The zero-order valence-electron chi connectivity index (χ0n) is 17.4. The van der Waals surface area contributed by atoms with Gasteiger partial charge in [0, 0.05) is 18.9 Å². The molecule has 1 saturated heterocycles. The van der Waals surface area contributed by atoms with Gasteiger partial charge in [-0.15, -0.1) is 0 Å². The van der Waals surface area contributed by atoms with Crippen molar-refractivity contribution in [3.8, 4) is 0 Å². The number of hydrogen-bond acceptors (Lipinski definition) is 3. The number of piperidine rings is 1. The van der Waals surface area contributed by atoms with E-state index in [0.29, 0.717) is 13.0 Å². The summed E-state index contributed by atoms with van der Waals surface area (Å²) in [7, 11) is 0. The van der Waals surface area contributed by atoms with Crippen molar-refractivity contribution in [1.82, 2.24) is 10.2 Å². The van der Waals surface area contributed by atoms with Gasteiger partial charge in [0.25, 0.3) is 0 Å². The molecule has 156 valence electrons. The van der Waals surface area contributed by atoms with E-state index in [4.69, 9.17) is 4.42 Å². The van der Waals surface area contributed by atoms with Crippen molar-refractivity contribution in [2.75, 3.05) is 19.6 Å². The summed E-state index contributed by atoms with van der Waals surface area (Å²) in [6.45, 7) is 2.68. The highest BCUT2D eigenvalue weighted by atomic mass is 16.3. The third kappa shape index (κ3) is 5.19. The number of furan rings is 1. The van der Waals surface area contributed by atoms with Crippen molar-refractivity contribution in [2.45, 2.75) is 37.6 Å². The van der Waals surface area contributed by atoms with Gasteiger partial charge in [0.1, 0.15) is 5.76 Å². The van der Waals surface area contributed by atoms with E-state index >= 15 is 0 Å². The van der Waals surface area contributed by atoms with E-state index in [1.54, 1.807) is 6.26 Å². The predicted octanol–water partition coefficient (Wildman–Crippen LogP) is 5.15. The Balaban J connectivity index is 1.45. The number of carbonyl (C=O) groups excluding carboxylic acids is 1. The molecular weight excluding hydrogens is 372 g/mol. The van der Waals surface area contributed by atoms with Crippen LogP contribution in [0.15, 0.2) is 83.5 Å². The van der Waals surface area contributed by atoms with Crippen LogP contribution in [0.3, 0.4) is 0 Å². The Morgan fingerprint density at radius 1 is 0.867 bits per heavy atom. The number of amides is 1. The standard InChI is InChI=1S/C26H30N2O2/c29-26(19-23(21-11-4-1-5-12-21)22-13-6-2-7-14-22)27-20-24(25-15-10-18-30-25)28-16-8-3-9-17-28/h1-2,4-7,10-15,18,23-24H,3,8-9,16-17,19-20H2,(H,27,29). The van der Waals surface area contributed by atoms with Crippen LogP contribution in [-0.4, -0.2) is 30.4 Å². The molecule has 3 aromatic rings. The average Bonchev–Trinajstić information content (AvgIpc) is 3.34. The number of benzene rings is 2. The molecule has 1 aliphatic heterocycles. The summed E-state index contributed by atoms with van der Waals surface area (Å²) >= 11 is 0. The highest BCUT2D eigenvalue weighted by Gasteiger charge is 2.25. The lowest BCUT2D eigenvalue weighted by Gasteiger charge is -2.33. The maximum absolute atomic E-state index is 13.0. The minimum Gasteiger partial charge on any atom is -0.468 e. The number of nitrogens with one attached hydrogen (secondary N) is 1. The molecule has 0 aliphatic carbocycles. The molecule has 1 unspecified atom stereocenters. The molecule has 4 rings (SSSR count). The minimum absolute atomic E-state index is 0.0458. The van der Waals surface area contributed by atoms with Crippen molar-refractivity contribution in [3.05, 3.63) is 95.9 Å². The molecule has 1 fully saturated rings. The van der Waals surface area contributed by atoms with Crippen LogP contribution in [-0.2, 0) is 4.79 Å². The summed E-state index contributed by atoms with van der Waals surface area (Å²) in [5.74, 6) is 1.05. The second-order valence-electron chi connectivity index (χ2n) is 8.01. The van der Waals surface area contributed by atoms with Crippen LogP contribution < -0.4 is 5.32 Å². The highest BCUT2D eigenvalue weighted by molar-refractivity contribution is 5.77. The Hall–Kier alpha value is -2.85. The first-order valence-electron chi connectivity index (χ1n) is 11.0. The van der Waals surface area contributed by atoms with Crippen LogP contribution in [0.5, 0.6) is 0 Å². The van der Waals surface area contributed by atoms with Gasteiger partial charge in [-0.2, -0.15) is 0 Å². The molecule has 0 bridgehead atoms. The van der Waals surface area contributed by atoms with E-state index in [1.165, 1.54) is 19.3 Å². The van der Waals surface area contributed by atoms with Gasteiger partial charge < -0.3 is 9.73 Å². The molecule has 1 N–H and O–H groups in total. The molecule has 2 aromatic carbocycles. The van der Waals surface area contributed by atoms with E-state index < -0.39 is 0 Å². The Morgan fingerprint density at radius 2 is 1.50 bits per heavy atom. The molecule has 30 heavy (non-hydrogen) atoms. The number of carbonyl (C=O) groups is 1. The Morgan fingerprint density at radius 3 is 2.07 bits per heavy atom. The number of hydrogen-bond donors (Lipinski definition) is 1. The van der Waals surface area contributed by atoms with Crippen molar-refractivity contribution in [2.24, 2.45) is 0 Å².